The van der Waals surface area contributed by atoms with Gasteiger partial charge in [-0.05, 0) is 27.3 Å². The van der Waals surface area contributed by atoms with Gasteiger partial charge < -0.3 is 5.32 Å². The van der Waals surface area contributed by atoms with Crippen LogP contribution in [-0.4, -0.2) is 42.1 Å². The highest BCUT2D eigenvalue weighted by Crippen LogP contribution is 2.21. The molecule has 0 amide bonds. The van der Waals surface area contributed by atoms with E-state index in [0.29, 0.717) is 13.1 Å². The maximum Gasteiger partial charge on any atom is 0.262 e. The van der Waals surface area contributed by atoms with E-state index in [2.05, 4.69) is 15.5 Å². The van der Waals surface area contributed by atoms with E-state index in [9.17, 15) is 8.42 Å². The minimum absolute atomic E-state index is 0.0843. The lowest BCUT2D eigenvalue weighted by Gasteiger charge is -2.23. The number of aromatic amines is 1. The quantitative estimate of drug-likeness (QED) is 0.791. The maximum atomic E-state index is 12.6. The molecule has 2 N–H and O–H groups in total. The van der Waals surface area contributed by atoms with E-state index in [1.54, 1.807) is 0 Å². The fraction of sp³-hybridized carbons (Fsp3) is 0.750. The Morgan fingerprint density at radius 3 is 2.47 bits per heavy atom. The molecule has 6 nitrogen and oxygen atoms in total. The van der Waals surface area contributed by atoms with Crippen molar-refractivity contribution in [2.24, 2.45) is 0 Å². The van der Waals surface area contributed by atoms with Crippen LogP contribution in [0.2, 0.25) is 0 Å². The molecule has 0 aliphatic carbocycles. The molecule has 0 atom stereocenters. The molecule has 0 aliphatic rings. The van der Waals surface area contributed by atoms with Crippen LogP contribution in [0, 0.1) is 6.92 Å². The number of sulfonamides is 1. The summed E-state index contributed by atoms with van der Waals surface area (Å²) in [5, 5.41) is 10.1. The number of aromatic nitrogens is 2. The smallest absolute Gasteiger partial charge is 0.262 e. The highest BCUT2D eigenvalue weighted by Gasteiger charge is 2.31. The van der Waals surface area contributed by atoms with Crippen molar-refractivity contribution in [1.29, 1.82) is 0 Å². The first-order valence-electron chi connectivity index (χ1n) is 6.62. The fourth-order valence-corrected chi connectivity index (χ4v) is 3.84. The van der Waals surface area contributed by atoms with E-state index in [1.165, 1.54) is 4.31 Å². The first-order valence-corrected chi connectivity index (χ1v) is 8.06. The van der Waals surface area contributed by atoms with Gasteiger partial charge in [-0.3, -0.25) is 5.10 Å². The topological polar surface area (TPSA) is 78.1 Å². The normalized spacial score (nSPS) is 12.6. The predicted molar refractivity (Wildman–Crippen MR) is 75.4 cm³/mol. The van der Waals surface area contributed by atoms with Gasteiger partial charge in [0.2, 0.25) is 0 Å². The van der Waals surface area contributed by atoms with Gasteiger partial charge in [0.1, 0.15) is 0 Å². The van der Waals surface area contributed by atoms with Crippen molar-refractivity contribution >= 4 is 10.0 Å². The van der Waals surface area contributed by atoms with Crippen LogP contribution in [0.1, 0.15) is 39.0 Å². The van der Waals surface area contributed by atoms with Crippen LogP contribution in [0.3, 0.4) is 0 Å². The zero-order valence-corrected chi connectivity index (χ0v) is 13.1. The zero-order valence-electron chi connectivity index (χ0n) is 12.3. The summed E-state index contributed by atoms with van der Waals surface area (Å²) in [6, 6.07) is -0.0843. The van der Waals surface area contributed by atoms with Gasteiger partial charge in [0.05, 0.1) is 0 Å². The largest absolute Gasteiger partial charge is 0.313 e. The van der Waals surface area contributed by atoms with E-state index >= 15 is 0 Å². The van der Waals surface area contributed by atoms with Crippen molar-refractivity contribution in [1.82, 2.24) is 19.8 Å². The Hall–Kier alpha value is -0.920. The summed E-state index contributed by atoms with van der Waals surface area (Å²) in [5.74, 6) is 0. The molecule has 110 valence electrons. The van der Waals surface area contributed by atoms with Crippen molar-refractivity contribution in [3.8, 4) is 0 Å². The van der Waals surface area contributed by atoms with Crippen LogP contribution >= 0.6 is 0 Å². The lowest BCUT2D eigenvalue weighted by atomic mass is 10.2. The third-order valence-electron chi connectivity index (χ3n) is 3.03. The Balaban J connectivity index is 3.21. The predicted octanol–water partition coefficient (Wildman–Crippen LogP) is 1.25. The summed E-state index contributed by atoms with van der Waals surface area (Å²) in [7, 11) is -3.54. The number of H-pyrrole nitrogens is 1. The van der Waals surface area contributed by atoms with Crippen molar-refractivity contribution < 1.29 is 8.42 Å². The summed E-state index contributed by atoms with van der Waals surface area (Å²) in [5.41, 5.74) is 1.51. The molecule has 7 heteroatoms. The summed E-state index contributed by atoms with van der Waals surface area (Å²) in [4.78, 5) is 0. The van der Waals surface area contributed by atoms with Crippen LogP contribution in [-0.2, 0) is 16.6 Å². The molecule has 19 heavy (non-hydrogen) atoms. The van der Waals surface area contributed by atoms with E-state index in [-0.39, 0.29) is 11.1 Å². The van der Waals surface area contributed by atoms with E-state index in [1.807, 2.05) is 34.6 Å². The molecular formula is C12H24N4O2S. The van der Waals surface area contributed by atoms with Gasteiger partial charge in [0.15, 0.2) is 5.03 Å². The highest BCUT2D eigenvalue weighted by molar-refractivity contribution is 7.89. The van der Waals surface area contributed by atoms with Crippen LogP contribution in [0.15, 0.2) is 5.03 Å². The number of nitrogens with one attached hydrogen (secondary N) is 2. The molecule has 1 heterocycles. The molecule has 0 saturated heterocycles. The number of nitrogens with zero attached hydrogens (tertiary/aromatic N) is 2. The van der Waals surface area contributed by atoms with Gasteiger partial charge in [-0.15, -0.1) is 0 Å². The molecule has 0 radical (unpaired) electrons. The third-order valence-corrected chi connectivity index (χ3v) is 5.15. The van der Waals surface area contributed by atoms with Gasteiger partial charge in [0.25, 0.3) is 10.0 Å². The van der Waals surface area contributed by atoms with Gasteiger partial charge >= 0.3 is 0 Å². The second-order valence-corrected chi connectivity index (χ2v) is 6.52. The summed E-state index contributed by atoms with van der Waals surface area (Å²) in [6.45, 7) is 11.1. The van der Waals surface area contributed by atoms with E-state index in [4.69, 9.17) is 0 Å². The summed E-state index contributed by atoms with van der Waals surface area (Å²) < 4.78 is 26.7. The number of aryl methyl sites for hydroxylation is 1. The molecule has 0 saturated carbocycles. The third kappa shape index (κ3) is 3.34. The highest BCUT2D eigenvalue weighted by atomic mass is 32.2. The van der Waals surface area contributed by atoms with Gasteiger partial charge in [-0.1, -0.05) is 13.8 Å². The minimum Gasteiger partial charge on any atom is -0.313 e. The second kappa shape index (κ2) is 6.49. The summed E-state index contributed by atoms with van der Waals surface area (Å²) in [6.07, 6.45) is 0. The van der Waals surface area contributed by atoms with Crippen LogP contribution in [0.4, 0.5) is 0 Å². The maximum absolute atomic E-state index is 12.6. The first-order chi connectivity index (χ1) is 8.86. The van der Waals surface area contributed by atoms with Crippen LogP contribution < -0.4 is 5.32 Å². The van der Waals surface area contributed by atoms with Gasteiger partial charge in [-0.25, -0.2) is 8.42 Å². The van der Waals surface area contributed by atoms with Crippen LogP contribution in [0.25, 0.3) is 0 Å². The number of hydrogen-bond donors (Lipinski definition) is 2. The van der Waals surface area contributed by atoms with Crippen molar-refractivity contribution in [2.75, 3.05) is 13.1 Å². The first kappa shape index (κ1) is 16.1. The monoisotopic (exact) mass is 288 g/mol. The fourth-order valence-electron chi connectivity index (χ4n) is 2.03. The average molecular weight is 288 g/mol. The molecular weight excluding hydrogens is 264 g/mol. The lowest BCUT2D eigenvalue weighted by molar-refractivity contribution is 0.367. The lowest BCUT2D eigenvalue weighted by Crippen LogP contribution is -2.37. The molecule has 0 fully saturated rings. The van der Waals surface area contributed by atoms with Crippen molar-refractivity contribution in [3.63, 3.8) is 0 Å². The minimum atomic E-state index is -3.54. The molecule has 0 aromatic carbocycles. The molecule has 1 aromatic heterocycles. The molecule has 1 aromatic rings. The van der Waals surface area contributed by atoms with E-state index in [0.717, 1.165) is 17.8 Å². The van der Waals surface area contributed by atoms with E-state index < -0.39 is 10.0 Å². The van der Waals surface area contributed by atoms with Gasteiger partial charge in [-0.2, -0.15) is 9.40 Å². The molecule has 0 unspecified atom stereocenters. The SMILES string of the molecule is CCNCc1c(S(=O)(=O)N(CC)C(C)C)n[nH]c1C. The Kier molecular flexibility index (Phi) is 5.51. The average Bonchev–Trinajstić information content (AvgIpc) is 2.68. The number of rotatable bonds is 7. The Bertz CT molecular complexity index is 508. The molecule has 0 spiro atoms. The zero-order chi connectivity index (χ0) is 14.6. The van der Waals surface area contributed by atoms with Gasteiger partial charge in [0, 0.05) is 30.4 Å². The molecule has 1 rings (SSSR count). The second-order valence-electron chi connectivity index (χ2n) is 4.71. The van der Waals surface area contributed by atoms with Crippen LogP contribution in [0.5, 0.6) is 0 Å². The van der Waals surface area contributed by atoms with Crippen molar-refractivity contribution in [2.45, 2.75) is 52.2 Å². The Labute approximate surface area is 115 Å². The number of hydrogen-bond acceptors (Lipinski definition) is 4. The Morgan fingerprint density at radius 2 is 2.00 bits per heavy atom. The summed E-state index contributed by atoms with van der Waals surface area (Å²) >= 11 is 0. The standard InChI is InChI=1S/C12H24N4O2S/c1-6-13-8-11-10(5)14-15-12(11)19(17,18)16(7-2)9(3)4/h9,13H,6-8H2,1-5H3,(H,14,15). The Morgan fingerprint density at radius 1 is 1.37 bits per heavy atom. The molecule has 0 bridgehead atoms. The van der Waals surface area contributed by atoms with Crippen molar-refractivity contribution in [3.05, 3.63) is 11.3 Å². The molecule has 0 aliphatic heterocycles.